The Labute approximate surface area is 115 Å². The topological polar surface area (TPSA) is 32.3 Å². The lowest BCUT2D eigenvalue weighted by Gasteiger charge is -2.31. The number of nitrogens with one attached hydrogen (secondary N) is 1. The predicted octanol–water partition coefficient (Wildman–Crippen LogP) is 2.07. The number of fused-ring (bicyclic) bond motifs is 1. The van der Waals surface area contributed by atoms with Gasteiger partial charge in [0, 0.05) is 18.7 Å². The fraction of sp³-hybridized carbons (Fsp3) is 0.562. The van der Waals surface area contributed by atoms with Gasteiger partial charge in [0.25, 0.3) is 5.91 Å². The minimum atomic E-state index is 0.227. The van der Waals surface area contributed by atoms with Crippen molar-refractivity contribution in [1.29, 1.82) is 0 Å². The second-order valence-corrected chi connectivity index (χ2v) is 5.70. The van der Waals surface area contributed by atoms with Gasteiger partial charge in [-0.3, -0.25) is 4.79 Å². The summed E-state index contributed by atoms with van der Waals surface area (Å²) in [5, 5.41) is 3.45. The smallest absolute Gasteiger partial charge is 0.254 e. The molecule has 1 fully saturated rings. The molecule has 0 aromatic heterocycles. The Kier molecular flexibility index (Phi) is 3.83. The van der Waals surface area contributed by atoms with Gasteiger partial charge in [0.1, 0.15) is 0 Å². The molecule has 1 N–H and O–H groups in total. The third kappa shape index (κ3) is 2.81. The van der Waals surface area contributed by atoms with Crippen LogP contribution < -0.4 is 5.32 Å². The van der Waals surface area contributed by atoms with Crippen LogP contribution in [0.5, 0.6) is 0 Å². The summed E-state index contributed by atoms with van der Waals surface area (Å²) in [6.07, 6.45) is 4.73. The van der Waals surface area contributed by atoms with Crippen molar-refractivity contribution in [2.24, 2.45) is 5.92 Å². The van der Waals surface area contributed by atoms with Gasteiger partial charge < -0.3 is 10.2 Å². The zero-order valence-corrected chi connectivity index (χ0v) is 11.4. The fourth-order valence-electron chi connectivity index (χ4n) is 3.20. The third-order valence-corrected chi connectivity index (χ3v) is 4.39. The molecule has 1 amide bonds. The number of amides is 1. The first kappa shape index (κ1) is 12.7. The van der Waals surface area contributed by atoms with Gasteiger partial charge in [-0.1, -0.05) is 18.2 Å². The van der Waals surface area contributed by atoms with E-state index in [-0.39, 0.29) is 5.91 Å². The summed E-state index contributed by atoms with van der Waals surface area (Å²) >= 11 is 0. The lowest BCUT2D eigenvalue weighted by Crippen LogP contribution is -2.40. The van der Waals surface area contributed by atoms with E-state index < -0.39 is 0 Å². The minimum absolute atomic E-state index is 0.227. The summed E-state index contributed by atoms with van der Waals surface area (Å²) in [6.45, 7) is 4.08. The summed E-state index contributed by atoms with van der Waals surface area (Å²) in [5.41, 5.74) is 2.12. The number of carbonyl (C=O) groups is 1. The van der Waals surface area contributed by atoms with Crippen molar-refractivity contribution in [1.82, 2.24) is 10.2 Å². The van der Waals surface area contributed by atoms with E-state index >= 15 is 0 Å². The number of carbonyl (C=O) groups excluding carboxylic acids is 1. The highest BCUT2D eigenvalue weighted by atomic mass is 16.2. The Morgan fingerprint density at radius 2 is 2.21 bits per heavy atom. The van der Waals surface area contributed by atoms with Crippen molar-refractivity contribution in [2.75, 3.05) is 26.2 Å². The average molecular weight is 258 g/mol. The van der Waals surface area contributed by atoms with Crippen molar-refractivity contribution in [2.45, 2.75) is 25.7 Å². The first-order valence-corrected chi connectivity index (χ1v) is 7.42. The van der Waals surface area contributed by atoms with Crippen LogP contribution in [0.15, 0.2) is 24.3 Å². The fourth-order valence-corrected chi connectivity index (χ4v) is 3.20. The maximum absolute atomic E-state index is 12.4. The Morgan fingerprint density at radius 1 is 1.32 bits per heavy atom. The van der Waals surface area contributed by atoms with Gasteiger partial charge >= 0.3 is 0 Å². The molecule has 0 bridgehead atoms. The van der Waals surface area contributed by atoms with Crippen LogP contribution in [0.4, 0.5) is 0 Å². The van der Waals surface area contributed by atoms with Crippen LogP contribution >= 0.6 is 0 Å². The van der Waals surface area contributed by atoms with E-state index in [1.807, 2.05) is 23.1 Å². The first-order chi connectivity index (χ1) is 9.34. The lowest BCUT2D eigenvalue weighted by molar-refractivity contribution is 0.0727. The summed E-state index contributed by atoms with van der Waals surface area (Å²) in [6, 6.07) is 8.03. The molecule has 3 nitrogen and oxygen atoms in total. The molecule has 0 spiro atoms. The molecule has 1 aromatic rings. The molecule has 2 aliphatic heterocycles. The van der Waals surface area contributed by atoms with Gasteiger partial charge in [-0.15, -0.1) is 0 Å². The maximum Gasteiger partial charge on any atom is 0.254 e. The van der Waals surface area contributed by atoms with E-state index in [0.717, 1.165) is 50.5 Å². The van der Waals surface area contributed by atoms with Gasteiger partial charge in [0.2, 0.25) is 0 Å². The molecule has 1 aromatic carbocycles. The molecule has 0 radical (unpaired) electrons. The Balaban J connectivity index is 1.59. The van der Waals surface area contributed by atoms with E-state index in [2.05, 4.69) is 11.4 Å². The number of hydrogen-bond donors (Lipinski definition) is 1. The molecule has 1 unspecified atom stereocenters. The molecular formula is C16H22N2O. The molecule has 102 valence electrons. The van der Waals surface area contributed by atoms with Crippen LogP contribution in [-0.4, -0.2) is 37.0 Å². The molecule has 19 heavy (non-hydrogen) atoms. The quantitative estimate of drug-likeness (QED) is 0.900. The Hall–Kier alpha value is -1.35. The van der Waals surface area contributed by atoms with Gasteiger partial charge in [0.05, 0.1) is 0 Å². The normalized spacial score (nSPS) is 23.3. The van der Waals surface area contributed by atoms with E-state index in [1.165, 1.54) is 18.4 Å². The standard InChI is InChI=1S/C16H22N2O/c19-16-15-6-2-1-5-14(15)8-11-18(16)10-7-13-4-3-9-17-12-13/h1-2,5-6,13,17H,3-4,7-12H2. The number of hydrogen-bond acceptors (Lipinski definition) is 2. The Morgan fingerprint density at radius 3 is 3.05 bits per heavy atom. The minimum Gasteiger partial charge on any atom is -0.338 e. The van der Waals surface area contributed by atoms with Crippen molar-refractivity contribution in [3.8, 4) is 0 Å². The Bertz CT molecular complexity index is 452. The summed E-state index contributed by atoms with van der Waals surface area (Å²) in [7, 11) is 0. The zero-order valence-electron chi connectivity index (χ0n) is 11.4. The molecule has 3 heteroatoms. The highest BCUT2D eigenvalue weighted by Gasteiger charge is 2.24. The average Bonchev–Trinajstić information content (AvgIpc) is 2.48. The zero-order chi connectivity index (χ0) is 13.1. The van der Waals surface area contributed by atoms with E-state index in [9.17, 15) is 4.79 Å². The van der Waals surface area contributed by atoms with Crippen LogP contribution in [0, 0.1) is 5.92 Å². The van der Waals surface area contributed by atoms with Gasteiger partial charge in [-0.25, -0.2) is 0 Å². The molecule has 3 rings (SSSR count). The van der Waals surface area contributed by atoms with E-state index in [0.29, 0.717) is 0 Å². The molecule has 0 saturated carbocycles. The maximum atomic E-state index is 12.4. The van der Waals surface area contributed by atoms with Gasteiger partial charge in [-0.2, -0.15) is 0 Å². The van der Waals surface area contributed by atoms with Crippen molar-refractivity contribution in [3.05, 3.63) is 35.4 Å². The molecule has 1 saturated heterocycles. The molecule has 0 aliphatic carbocycles. The molecular weight excluding hydrogens is 236 g/mol. The summed E-state index contributed by atoms with van der Waals surface area (Å²) < 4.78 is 0. The van der Waals surface area contributed by atoms with Crippen LogP contribution in [0.1, 0.15) is 35.2 Å². The van der Waals surface area contributed by atoms with Crippen LogP contribution in [-0.2, 0) is 6.42 Å². The molecule has 2 heterocycles. The van der Waals surface area contributed by atoms with Gasteiger partial charge in [-0.05, 0) is 56.3 Å². The highest BCUT2D eigenvalue weighted by molar-refractivity contribution is 5.96. The molecule has 1 atom stereocenters. The number of nitrogens with zero attached hydrogens (tertiary/aromatic N) is 1. The van der Waals surface area contributed by atoms with Crippen LogP contribution in [0.3, 0.4) is 0 Å². The SMILES string of the molecule is O=C1c2ccccc2CCN1CCC1CCCNC1. The van der Waals surface area contributed by atoms with Crippen LogP contribution in [0.2, 0.25) is 0 Å². The number of benzene rings is 1. The number of piperidine rings is 1. The second-order valence-electron chi connectivity index (χ2n) is 5.70. The van der Waals surface area contributed by atoms with Crippen molar-refractivity contribution >= 4 is 5.91 Å². The summed E-state index contributed by atoms with van der Waals surface area (Å²) in [4.78, 5) is 14.4. The number of rotatable bonds is 3. The second kappa shape index (κ2) is 5.74. The third-order valence-electron chi connectivity index (χ3n) is 4.39. The largest absolute Gasteiger partial charge is 0.338 e. The predicted molar refractivity (Wildman–Crippen MR) is 76.3 cm³/mol. The van der Waals surface area contributed by atoms with Crippen LogP contribution in [0.25, 0.3) is 0 Å². The van der Waals surface area contributed by atoms with Gasteiger partial charge in [0.15, 0.2) is 0 Å². The monoisotopic (exact) mass is 258 g/mol. The van der Waals surface area contributed by atoms with E-state index in [4.69, 9.17) is 0 Å². The van der Waals surface area contributed by atoms with E-state index in [1.54, 1.807) is 0 Å². The van der Waals surface area contributed by atoms with Crippen molar-refractivity contribution < 1.29 is 4.79 Å². The summed E-state index contributed by atoms with van der Waals surface area (Å²) in [5.74, 6) is 0.976. The lowest BCUT2D eigenvalue weighted by atomic mass is 9.94. The first-order valence-electron chi connectivity index (χ1n) is 7.42. The van der Waals surface area contributed by atoms with Crippen molar-refractivity contribution in [3.63, 3.8) is 0 Å². The highest BCUT2D eigenvalue weighted by Crippen LogP contribution is 2.20. The molecule has 2 aliphatic rings.